The van der Waals surface area contributed by atoms with Crippen LogP contribution >= 0.6 is 0 Å². The van der Waals surface area contributed by atoms with Crippen LogP contribution in [0.1, 0.15) is 20.3 Å². The number of amides is 1. The molecule has 2 N–H and O–H groups in total. The summed E-state index contributed by atoms with van der Waals surface area (Å²) in [5, 5.41) is 6.29. The molecule has 0 aliphatic carbocycles. The Labute approximate surface area is 113 Å². The topological polar surface area (TPSA) is 59.6 Å². The highest BCUT2D eigenvalue weighted by Gasteiger charge is 2.24. The summed E-state index contributed by atoms with van der Waals surface area (Å²) in [6, 6.07) is 3.75. The molecule has 0 bridgehead atoms. The maximum Gasteiger partial charge on any atom is 0.226 e. The molecule has 5 nitrogen and oxygen atoms in total. The monoisotopic (exact) mass is 264 g/mol. The van der Waals surface area contributed by atoms with E-state index in [1.165, 1.54) is 0 Å². The van der Waals surface area contributed by atoms with Crippen LogP contribution in [0.2, 0.25) is 0 Å². The van der Waals surface area contributed by atoms with E-state index in [1.54, 1.807) is 20.3 Å². The van der Waals surface area contributed by atoms with Gasteiger partial charge < -0.3 is 20.1 Å². The number of nitrogens with one attached hydrogen (secondary N) is 2. The summed E-state index contributed by atoms with van der Waals surface area (Å²) in [7, 11) is 3.17. The normalized spacial score (nSPS) is 18.2. The second kappa shape index (κ2) is 5.38. The fourth-order valence-corrected chi connectivity index (χ4v) is 2.16. The van der Waals surface area contributed by atoms with Gasteiger partial charge in [0.2, 0.25) is 5.91 Å². The van der Waals surface area contributed by atoms with E-state index in [0.29, 0.717) is 23.8 Å². The highest BCUT2D eigenvalue weighted by atomic mass is 16.5. The Morgan fingerprint density at radius 3 is 2.26 bits per heavy atom. The van der Waals surface area contributed by atoms with Gasteiger partial charge in [0, 0.05) is 24.6 Å². The van der Waals surface area contributed by atoms with Gasteiger partial charge >= 0.3 is 0 Å². The number of rotatable bonds is 3. The molecule has 1 amide bonds. The number of anilines is 2. The largest absolute Gasteiger partial charge is 0.493 e. The van der Waals surface area contributed by atoms with Gasteiger partial charge in [0.05, 0.1) is 25.6 Å². The van der Waals surface area contributed by atoms with Crippen molar-refractivity contribution >= 4 is 17.3 Å². The summed E-state index contributed by atoms with van der Waals surface area (Å²) in [5.74, 6) is 1.63. The van der Waals surface area contributed by atoms with E-state index >= 15 is 0 Å². The molecule has 1 heterocycles. The number of carbonyl (C=O) groups excluding carboxylic acids is 1. The SMILES string of the molecule is COc1cc2c(cc1OC)NC(C(C)C)CC(=O)N2. The van der Waals surface area contributed by atoms with Crippen LogP contribution in [0.5, 0.6) is 11.5 Å². The van der Waals surface area contributed by atoms with Gasteiger partial charge in [-0.05, 0) is 5.92 Å². The molecule has 1 unspecified atom stereocenters. The molecule has 0 spiro atoms. The van der Waals surface area contributed by atoms with Crippen molar-refractivity contribution in [1.29, 1.82) is 0 Å². The number of benzene rings is 1. The molecule has 0 saturated carbocycles. The van der Waals surface area contributed by atoms with E-state index in [2.05, 4.69) is 24.5 Å². The molecule has 1 aromatic carbocycles. The Kier molecular flexibility index (Phi) is 3.83. The summed E-state index contributed by atoms with van der Waals surface area (Å²) in [5.41, 5.74) is 1.59. The molecule has 104 valence electrons. The van der Waals surface area contributed by atoms with Gasteiger partial charge in [0.25, 0.3) is 0 Å². The van der Waals surface area contributed by atoms with Crippen LogP contribution in [-0.2, 0) is 4.79 Å². The maximum absolute atomic E-state index is 11.9. The molecule has 1 aromatic rings. The first kappa shape index (κ1) is 13.5. The van der Waals surface area contributed by atoms with E-state index in [9.17, 15) is 4.79 Å². The highest BCUT2D eigenvalue weighted by Crippen LogP contribution is 2.38. The number of carbonyl (C=O) groups is 1. The molecule has 5 heteroatoms. The van der Waals surface area contributed by atoms with Gasteiger partial charge in [0.1, 0.15) is 0 Å². The second-order valence-electron chi connectivity index (χ2n) is 5.00. The van der Waals surface area contributed by atoms with Crippen molar-refractivity contribution in [1.82, 2.24) is 0 Å². The average Bonchev–Trinajstić information content (AvgIpc) is 2.54. The van der Waals surface area contributed by atoms with Crippen LogP contribution in [0.15, 0.2) is 12.1 Å². The number of hydrogen-bond donors (Lipinski definition) is 2. The van der Waals surface area contributed by atoms with E-state index in [4.69, 9.17) is 9.47 Å². The van der Waals surface area contributed by atoms with Crippen molar-refractivity contribution in [3.8, 4) is 11.5 Å². The molecule has 0 saturated heterocycles. The minimum atomic E-state index is 0.0113. The van der Waals surface area contributed by atoms with Gasteiger partial charge in [-0.1, -0.05) is 13.8 Å². The minimum Gasteiger partial charge on any atom is -0.493 e. The Bertz CT molecular complexity index is 486. The molecule has 19 heavy (non-hydrogen) atoms. The lowest BCUT2D eigenvalue weighted by atomic mass is 10.0. The third kappa shape index (κ3) is 2.75. The van der Waals surface area contributed by atoms with Gasteiger partial charge in [-0.2, -0.15) is 0 Å². The van der Waals surface area contributed by atoms with Crippen molar-refractivity contribution in [3.63, 3.8) is 0 Å². The van der Waals surface area contributed by atoms with Crippen LogP contribution in [0, 0.1) is 5.92 Å². The molecule has 1 aliphatic rings. The molecule has 2 rings (SSSR count). The molecule has 0 aromatic heterocycles. The Morgan fingerprint density at radius 2 is 1.74 bits per heavy atom. The Morgan fingerprint density at radius 1 is 1.16 bits per heavy atom. The van der Waals surface area contributed by atoms with Gasteiger partial charge in [-0.15, -0.1) is 0 Å². The van der Waals surface area contributed by atoms with Crippen LogP contribution in [0.4, 0.5) is 11.4 Å². The lowest BCUT2D eigenvalue weighted by Crippen LogP contribution is -2.27. The second-order valence-corrected chi connectivity index (χ2v) is 5.00. The van der Waals surface area contributed by atoms with Crippen LogP contribution in [0.25, 0.3) is 0 Å². The minimum absolute atomic E-state index is 0.0113. The summed E-state index contributed by atoms with van der Waals surface area (Å²) >= 11 is 0. The number of hydrogen-bond acceptors (Lipinski definition) is 4. The van der Waals surface area contributed by atoms with E-state index in [0.717, 1.165) is 11.4 Å². The van der Waals surface area contributed by atoms with Crippen molar-refractivity contribution in [2.75, 3.05) is 24.9 Å². The van der Waals surface area contributed by atoms with Gasteiger partial charge in [-0.25, -0.2) is 0 Å². The fourth-order valence-electron chi connectivity index (χ4n) is 2.16. The zero-order valence-electron chi connectivity index (χ0n) is 11.7. The lowest BCUT2D eigenvalue weighted by Gasteiger charge is -2.21. The number of ether oxygens (including phenoxy) is 2. The standard InChI is InChI=1S/C14H20N2O3/c1-8(2)9-7-14(17)16-11-6-13(19-4)12(18-3)5-10(11)15-9/h5-6,8-9,15H,7H2,1-4H3,(H,16,17). The first-order chi connectivity index (χ1) is 9.05. The van der Waals surface area contributed by atoms with Crippen LogP contribution < -0.4 is 20.1 Å². The van der Waals surface area contributed by atoms with E-state index in [1.807, 2.05) is 6.07 Å². The van der Waals surface area contributed by atoms with Crippen LogP contribution in [-0.4, -0.2) is 26.2 Å². The predicted molar refractivity (Wildman–Crippen MR) is 75.0 cm³/mol. The molecule has 1 atom stereocenters. The first-order valence-electron chi connectivity index (χ1n) is 6.37. The van der Waals surface area contributed by atoms with Crippen molar-refractivity contribution < 1.29 is 14.3 Å². The summed E-state index contributed by atoms with van der Waals surface area (Å²) in [6.45, 7) is 4.19. The van der Waals surface area contributed by atoms with Gasteiger partial charge in [-0.3, -0.25) is 4.79 Å². The molecular formula is C14H20N2O3. The Balaban J connectivity index is 2.43. The highest BCUT2D eigenvalue weighted by molar-refractivity contribution is 5.97. The van der Waals surface area contributed by atoms with Crippen molar-refractivity contribution in [2.24, 2.45) is 5.92 Å². The molecular weight excluding hydrogens is 244 g/mol. The van der Waals surface area contributed by atoms with E-state index in [-0.39, 0.29) is 11.9 Å². The number of fused-ring (bicyclic) bond motifs is 1. The predicted octanol–water partition coefficient (Wildman–Crippen LogP) is 2.48. The van der Waals surface area contributed by atoms with Gasteiger partial charge in [0.15, 0.2) is 11.5 Å². The third-order valence-electron chi connectivity index (χ3n) is 3.35. The van der Waals surface area contributed by atoms with Crippen molar-refractivity contribution in [3.05, 3.63) is 12.1 Å². The smallest absolute Gasteiger partial charge is 0.226 e. The zero-order chi connectivity index (χ0) is 14.0. The molecule has 0 fully saturated rings. The lowest BCUT2D eigenvalue weighted by molar-refractivity contribution is -0.116. The maximum atomic E-state index is 11.9. The first-order valence-corrected chi connectivity index (χ1v) is 6.37. The molecule has 0 radical (unpaired) electrons. The summed E-state index contributed by atoms with van der Waals surface area (Å²) in [6.07, 6.45) is 0.455. The number of methoxy groups -OCH3 is 2. The summed E-state index contributed by atoms with van der Waals surface area (Å²) < 4.78 is 10.5. The van der Waals surface area contributed by atoms with Crippen molar-refractivity contribution in [2.45, 2.75) is 26.3 Å². The van der Waals surface area contributed by atoms with Crippen LogP contribution in [0.3, 0.4) is 0 Å². The van der Waals surface area contributed by atoms with E-state index < -0.39 is 0 Å². The Hall–Kier alpha value is -1.91. The quantitative estimate of drug-likeness (QED) is 0.880. The fraction of sp³-hybridized carbons (Fsp3) is 0.500. The molecule has 1 aliphatic heterocycles. The summed E-state index contributed by atoms with van der Waals surface area (Å²) in [4.78, 5) is 11.9. The zero-order valence-corrected chi connectivity index (χ0v) is 11.7. The third-order valence-corrected chi connectivity index (χ3v) is 3.35. The average molecular weight is 264 g/mol.